The second-order valence-electron chi connectivity index (χ2n) is 5.72. The topological polar surface area (TPSA) is 41.1 Å². The molecule has 1 aliphatic carbocycles. The molecule has 0 bridgehead atoms. The van der Waals surface area contributed by atoms with E-state index in [1.54, 1.807) is 6.07 Å². The van der Waals surface area contributed by atoms with Crippen molar-refractivity contribution in [2.45, 2.75) is 44.2 Å². The molecule has 1 aromatic rings. The van der Waals surface area contributed by atoms with Gasteiger partial charge in [-0.15, -0.1) is 12.4 Å². The molecule has 3 rings (SSSR count). The number of amides is 1. The number of nitrogens with one attached hydrogen (secondary N) is 2. The standard InChI is InChI=1S/C15H18ClFN2O.ClH/c16-10-5-6-13(11(17)8-10)19-15(20)14-7-9-3-1-2-4-12(9)18-14;/h5-6,8-9,12,14,18H,1-4,7H2,(H,19,20);1H. The highest BCUT2D eigenvalue weighted by Crippen LogP contribution is 2.33. The predicted octanol–water partition coefficient (Wildman–Crippen LogP) is 3.76. The Balaban J connectivity index is 0.00000161. The first-order valence-corrected chi connectivity index (χ1v) is 7.53. The first kappa shape index (κ1) is 16.5. The van der Waals surface area contributed by atoms with E-state index in [4.69, 9.17) is 11.6 Å². The van der Waals surface area contributed by atoms with Crippen LogP contribution < -0.4 is 10.6 Å². The second kappa shape index (κ2) is 6.95. The number of rotatable bonds is 2. The Morgan fingerprint density at radius 1 is 1.33 bits per heavy atom. The summed E-state index contributed by atoms with van der Waals surface area (Å²) in [6.07, 6.45) is 5.67. The lowest BCUT2D eigenvalue weighted by molar-refractivity contribution is -0.117. The van der Waals surface area contributed by atoms with Gasteiger partial charge in [-0.2, -0.15) is 0 Å². The molecule has 1 saturated heterocycles. The second-order valence-corrected chi connectivity index (χ2v) is 6.16. The van der Waals surface area contributed by atoms with E-state index < -0.39 is 5.82 Å². The molecule has 1 amide bonds. The molecule has 21 heavy (non-hydrogen) atoms. The molecule has 3 unspecified atom stereocenters. The number of fused-ring (bicyclic) bond motifs is 1. The van der Waals surface area contributed by atoms with Crippen molar-refractivity contribution in [3.63, 3.8) is 0 Å². The molecule has 0 radical (unpaired) electrons. The van der Waals surface area contributed by atoms with Crippen molar-refractivity contribution in [2.24, 2.45) is 5.92 Å². The Labute approximate surface area is 135 Å². The van der Waals surface area contributed by atoms with Gasteiger partial charge in [0.05, 0.1) is 11.7 Å². The Morgan fingerprint density at radius 3 is 2.81 bits per heavy atom. The van der Waals surface area contributed by atoms with Gasteiger partial charge in [0.1, 0.15) is 5.82 Å². The average molecular weight is 333 g/mol. The Hall–Kier alpha value is -0.840. The third-order valence-corrected chi connectivity index (χ3v) is 4.60. The molecule has 1 heterocycles. The van der Waals surface area contributed by atoms with Crippen molar-refractivity contribution in [1.82, 2.24) is 5.32 Å². The first-order chi connectivity index (χ1) is 9.63. The van der Waals surface area contributed by atoms with E-state index in [1.165, 1.54) is 31.4 Å². The molecule has 3 atom stereocenters. The molecule has 0 spiro atoms. The molecule has 2 fully saturated rings. The van der Waals surface area contributed by atoms with Gasteiger partial charge in [-0.3, -0.25) is 4.79 Å². The van der Waals surface area contributed by atoms with E-state index >= 15 is 0 Å². The Morgan fingerprint density at radius 2 is 2.10 bits per heavy atom. The fourth-order valence-corrected chi connectivity index (χ4v) is 3.49. The van der Waals surface area contributed by atoms with Crippen molar-refractivity contribution in [1.29, 1.82) is 0 Å². The zero-order chi connectivity index (χ0) is 14.1. The summed E-state index contributed by atoms with van der Waals surface area (Å²) in [5.74, 6) is -0.0588. The molecule has 2 aliphatic rings. The van der Waals surface area contributed by atoms with Crippen molar-refractivity contribution in [2.75, 3.05) is 5.32 Å². The van der Waals surface area contributed by atoms with Gasteiger partial charge in [0.15, 0.2) is 0 Å². The molecule has 2 N–H and O–H groups in total. The monoisotopic (exact) mass is 332 g/mol. The van der Waals surface area contributed by atoms with Gasteiger partial charge in [-0.1, -0.05) is 24.4 Å². The van der Waals surface area contributed by atoms with Gasteiger partial charge in [0.2, 0.25) is 5.91 Å². The molecular formula is C15H19Cl2FN2O. The normalized spacial score (nSPS) is 27.6. The van der Waals surface area contributed by atoms with Crippen LogP contribution in [0.1, 0.15) is 32.1 Å². The van der Waals surface area contributed by atoms with E-state index in [-0.39, 0.29) is 30.0 Å². The smallest absolute Gasteiger partial charge is 0.241 e. The molecule has 0 aromatic heterocycles. The van der Waals surface area contributed by atoms with Crippen LogP contribution in [0.15, 0.2) is 18.2 Å². The SMILES string of the molecule is Cl.O=C(Nc1ccc(Cl)cc1F)C1CC2CCCCC2N1. The van der Waals surface area contributed by atoms with Gasteiger partial charge in [0, 0.05) is 11.1 Å². The zero-order valence-corrected chi connectivity index (χ0v) is 13.1. The minimum atomic E-state index is -0.499. The Bertz CT molecular complexity index is 512. The highest BCUT2D eigenvalue weighted by atomic mass is 35.5. The maximum Gasteiger partial charge on any atom is 0.241 e. The minimum Gasteiger partial charge on any atom is -0.322 e. The summed E-state index contributed by atoms with van der Waals surface area (Å²) in [6, 6.07) is 4.52. The third-order valence-electron chi connectivity index (χ3n) is 4.37. The summed E-state index contributed by atoms with van der Waals surface area (Å²) in [5, 5.41) is 6.36. The van der Waals surface area contributed by atoms with E-state index in [1.807, 2.05) is 0 Å². The number of carbonyl (C=O) groups excluding carboxylic acids is 1. The number of anilines is 1. The van der Waals surface area contributed by atoms with E-state index in [0.717, 1.165) is 12.8 Å². The number of hydrogen-bond donors (Lipinski definition) is 2. The zero-order valence-electron chi connectivity index (χ0n) is 11.6. The number of hydrogen-bond acceptors (Lipinski definition) is 2. The first-order valence-electron chi connectivity index (χ1n) is 7.15. The highest BCUT2D eigenvalue weighted by Gasteiger charge is 2.38. The van der Waals surface area contributed by atoms with Crippen LogP contribution in [0.3, 0.4) is 0 Å². The predicted molar refractivity (Wildman–Crippen MR) is 84.6 cm³/mol. The van der Waals surface area contributed by atoms with Crippen LogP contribution in [0.5, 0.6) is 0 Å². The van der Waals surface area contributed by atoms with Crippen LogP contribution in [-0.2, 0) is 4.79 Å². The fraction of sp³-hybridized carbons (Fsp3) is 0.533. The summed E-state index contributed by atoms with van der Waals surface area (Å²) >= 11 is 5.70. The van der Waals surface area contributed by atoms with E-state index in [2.05, 4.69) is 10.6 Å². The van der Waals surface area contributed by atoms with Crippen LogP contribution in [0.25, 0.3) is 0 Å². The number of halogens is 3. The number of carbonyl (C=O) groups is 1. The van der Waals surface area contributed by atoms with Crippen LogP contribution in [0.2, 0.25) is 5.02 Å². The lowest BCUT2D eigenvalue weighted by atomic mass is 9.85. The van der Waals surface area contributed by atoms with Gasteiger partial charge < -0.3 is 10.6 Å². The molecule has 6 heteroatoms. The number of benzene rings is 1. The summed E-state index contributed by atoms with van der Waals surface area (Å²) < 4.78 is 13.7. The van der Waals surface area contributed by atoms with Crippen LogP contribution >= 0.6 is 24.0 Å². The van der Waals surface area contributed by atoms with Crippen molar-refractivity contribution in [3.8, 4) is 0 Å². The largest absolute Gasteiger partial charge is 0.322 e. The van der Waals surface area contributed by atoms with Gasteiger partial charge >= 0.3 is 0 Å². The average Bonchev–Trinajstić information content (AvgIpc) is 2.86. The Kier molecular flexibility index (Phi) is 5.47. The lowest BCUT2D eigenvalue weighted by Gasteiger charge is -2.24. The molecule has 3 nitrogen and oxygen atoms in total. The van der Waals surface area contributed by atoms with Gasteiger partial charge in [0.25, 0.3) is 0 Å². The maximum atomic E-state index is 13.7. The summed E-state index contributed by atoms with van der Waals surface area (Å²) in [7, 11) is 0. The van der Waals surface area contributed by atoms with Crippen molar-refractivity contribution >= 4 is 35.6 Å². The summed E-state index contributed by atoms with van der Waals surface area (Å²) in [5.41, 5.74) is 0.191. The molecule has 1 saturated carbocycles. The third kappa shape index (κ3) is 3.68. The van der Waals surface area contributed by atoms with Crippen LogP contribution in [0.4, 0.5) is 10.1 Å². The molecule has 1 aromatic carbocycles. The van der Waals surface area contributed by atoms with Gasteiger partial charge in [-0.05, 0) is 43.4 Å². The van der Waals surface area contributed by atoms with E-state index in [9.17, 15) is 9.18 Å². The fourth-order valence-electron chi connectivity index (χ4n) is 3.33. The highest BCUT2D eigenvalue weighted by molar-refractivity contribution is 6.30. The maximum absolute atomic E-state index is 13.7. The summed E-state index contributed by atoms with van der Waals surface area (Å²) in [6.45, 7) is 0. The minimum absolute atomic E-state index is 0. The van der Waals surface area contributed by atoms with Crippen LogP contribution in [0, 0.1) is 11.7 Å². The van der Waals surface area contributed by atoms with Crippen molar-refractivity contribution < 1.29 is 9.18 Å². The quantitative estimate of drug-likeness (QED) is 0.865. The molecular weight excluding hydrogens is 314 g/mol. The molecule has 1 aliphatic heterocycles. The lowest BCUT2D eigenvalue weighted by Crippen LogP contribution is -2.40. The van der Waals surface area contributed by atoms with Crippen molar-refractivity contribution in [3.05, 3.63) is 29.0 Å². The summed E-state index contributed by atoms with van der Waals surface area (Å²) in [4.78, 5) is 12.2. The van der Waals surface area contributed by atoms with E-state index in [0.29, 0.717) is 17.0 Å². The van der Waals surface area contributed by atoms with Crippen LogP contribution in [-0.4, -0.2) is 18.0 Å². The van der Waals surface area contributed by atoms with Gasteiger partial charge in [-0.25, -0.2) is 4.39 Å². The molecule has 116 valence electrons.